The van der Waals surface area contributed by atoms with E-state index in [0.29, 0.717) is 22.6 Å². The molecule has 1 aromatic rings. The molecule has 0 N–H and O–H groups in total. The van der Waals surface area contributed by atoms with Crippen LogP contribution in [0.5, 0.6) is 5.75 Å². The van der Waals surface area contributed by atoms with E-state index in [1.807, 2.05) is 0 Å². The van der Waals surface area contributed by atoms with Crippen LogP contribution in [0.15, 0.2) is 17.1 Å². The number of fused-ring (bicyclic) bond motifs is 5. The molecule has 0 bridgehead atoms. The lowest BCUT2D eigenvalue weighted by Crippen LogP contribution is -2.53. The second-order valence-corrected chi connectivity index (χ2v) is 12.1. The molecule has 0 aromatic carbocycles. The molecule has 31 heavy (non-hydrogen) atoms. The largest absolute Gasteiger partial charge is 0.755 e. The Hall–Kier alpha value is -1.14. The fraction of sp³-hybridized carbons (Fsp3) is 0.800. The highest BCUT2D eigenvalue weighted by Crippen LogP contribution is 2.66. The third-order valence-electron chi connectivity index (χ3n) is 10.2. The Morgan fingerprint density at radius 3 is 2.58 bits per heavy atom. The first-order valence-electron chi connectivity index (χ1n) is 12.2. The van der Waals surface area contributed by atoms with Gasteiger partial charge < -0.3 is 9.29 Å². The zero-order chi connectivity index (χ0) is 22.0. The predicted molar refractivity (Wildman–Crippen MR) is 121 cm³/mol. The van der Waals surface area contributed by atoms with Crippen LogP contribution < -0.4 is 10.3 Å². The highest BCUT2D eigenvalue weighted by Gasteiger charge is 2.60. The van der Waals surface area contributed by atoms with Crippen LogP contribution in [-0.2, 0) is 11.3 Å². The van der Waals surface area contributed by atoms with Crippen molar-refractivity contribution in [2.45, 2.75) is 91.1 Å². The molecule has 0 saturated heterocycles. The minimum atomic E-state index is -2.59. The Balaban J connectivity index is 1.38. The Bertz CT molecular complexity index is 944. The van der Waals surface area contributed by atoms with E-state index >= 15 is 0 Å². The van der Waals surface area contributed by atoms with E-state index in [1.165, 1.54) is 64.0 Å². The van der Waals surface area contributed by atoms with Gasteiger partial charge in [-0.25, -0.2) is 3.97 Å². The molecule has 3 unspecified atom stereocenters. The minimum Gasteiger partial charge on any atom is -0.755 e. The maximum atomic E-state index is 12.4. The lowest BCUT2D eigenvalue weighted by atomic mass is 9.45. The molecular weight excluding hydrogens is 410 g/mol. The number of nitrogens with zero attached hydrogens (tertiary/aromatic N) is 1. The Kier molecular flexibility index (Phi) is 5.40. The van der Waals surface area contributed by atoms with E-state index in [2.05, 4.69) is 13.8 Å². The van der Waals surface area contributed by atoms with E-state index in [1.54, 1.807) is 13.0 Å². The van der Waals surface area contributed by atoms with Crippen LogP contribution >= 0.6 is 0 Å². The third kappa shape index (κ3) is 3.26. The molecule has 5 nitrogen and oxygen atoms in total. The van der Waals surface area contributed by atoms with Crippen molar-refractivity contribution in [2.24, 2.45) is 34.5 Å². The van der Waals surface area contributed by atoms with Crippen LogP contribution in [0.1, 0.15) is 83.6 Å². The summed E-state index contributed by atoms with van der Waals surface area (Å²) >= 11 is -2.59. The van der Waals surface area contributed by atoms with Gasteiger partial charge >= 0.3 is 0 Å². The molecule has 8 atom stereocenters. The fourth-order valence-corrected chi connectivity index (χ4v) is 8.87. The molecule has 4 saturated carbocycles. The average Bonchev–Trinajstić information content (AvgIpc) is 3.07. The van der Waals surface area contributed by atoms with Gasteiger partial charge in [-0.15, -0.1) is 0 Å². The van der Waals surface area contributed by atoms with Crippen molar-refractivity contribution in [3.05, 3.63) is 28.2 Å². The zero-order valence-electron chi connectivity index (χ0n) is 19.1. The summed E-state index contributed by atoms with van der Waals surface area (Å²) in [6.45, 7) is 6.69. The van der Waals surface area contributed by atoms with E-state index in [-0.39, 0.29) is 11.5 Å². The van der Waals surface area contributed by atoms with Crippen molar-refractivity contribution in [3.63, 3.8) is 0 Å². The molecular formula is C25H36NO4S-. The third-order valence-corrected chi connectivity index (χ3v) is 10.8. The number of aromatic nitrogens is 1. The molecule has 1 aromatic heterocycles. The summed E-state index contributed by atoms with van der Waals surface area (Å²) in [7, 11) is 0. The van der Waals surface area contributed by atoms with Crippen molar-refractivity contribution in [1.29, 1.82) is 0 Å². The van der Waals surface area contributed by atoms with Crippen LogP contribution in [0.4, 0.5) is 0 Å². The first kappa shape index (κ1) is 21.7. The molecule has 0 amide bonds. The summed E-state index contributed by atoms with van der Waals surface area (Å²) in [5.41, 5.74) is 0.540. The maximum Gasteiger partial charge on any atom is 0.268 e. The van der Waals surface area contributed by atoms with Crippen molar-refractivity contribution in [3.8, 4) is 5.75 Å². The Labute approximate surface area is 188 Å². The van der Waals surface area contributed by atoms with Crippen LogP contribution in [0, 0.1) is 41.4 Å². The fourth-order valence-electron chi connectivity index (χ4n) is 8.44. The van der Waals surface area contributed by atoms with Crippen molar-refractivity contribution in [2.75, 3.05) is 0 Å². The highest BCUT2D eigenvalue weighted by atomic mass is 32.2. The van der Waals surface area contributed by atoms with Gasteiger partial charge in [-0.05, 0) is 93.4 Å². The molecule has 172 valence electrons. The summed E-state index contributed by atoms with van der Waals surface area (Å²) in [4.78, 5) is 12.4. The van der Waals surface area contributed by atoms with Gasteiger partial charge in [-0.2, -0.15) is 0 Å². The summed E-state index contributed by atoms with van der Waals surface area (Å²) in [5, 5.41) is 0. The molecule has 0 radical (unpaired) electrons. The maximum absolute atomic E-state index is 12.4. The van der Waals surface area contributed by atoms with E-state index in [4.69, 9.17) is 4.74 Å². The smallest absolute Gasteiger partial charge is 0.268 e. The lowest BCUT2D eigenvalue weighted by molar-refractivity contribution is -0.117. The van der Waals surface area contributed by atoms with Crippen LogP contribution in [0.2, 0.25) is 0 Å². The number of hydrogen-bond acceptors (Lipinski definition) is 4. The topological polar surface area (TPSA) is 71.4 Å². The van der Waals surface area contributed by atoms with Crippen LogP contribution in [0.25, 0.3) is 0 Å². The van der Waals surface area contributed by atoms with E-state index in [0.717, 1.165) is 28.1 Å². The predicted octanol–water partition coefficient (Wildman–Crippen LogP) is 4.98. The molecule has 1 heterocycles. The first-order chi connectivity index (χ1) is 14.8. The van der Waals surface area contributed by atoms with Crippen LogP contribution in [0.3, 0.4) is 0 Å². The van der Waals surface area contributed by atoms with Gasteiger partial charge in [0.15, 0.2) is 0 Å². The highest BCUT2D eigenvalue weighted by molar-refractivity contribution is 7.77. The second kappa shape index (κ2) is 7.72. The molecule has 4 aliphatic rings. The van der Waals surface area contributed by atoms with Crippen molar-refractivity contribution >= 4 is 11.3 Å². The normalized spacial score (nSPS) is 42.9. The van der Waals surface area contributed by atoms with Gasteiger partial charge in [-0.3, -0.25) is 9.00 Å². The number of pyridine rings is 1. The standard InChI is InChI=1S/C25H37NO4S/c1-16-21(12-15-26(23(16)27)31(28)29)30-22-10-9-19-18-8-7-17-6-4-5-13-24(17,2)20(18)11-14-25(19,22)3/h12,15,17-20,22H,4-11,13-14H2,1-3H3,(H,28,29)/p-1/t17?,18-,19-,20+,22?,24-,25-/m0/s1. The van der Waals surface area contributed by atoms with Gasteiger partial charge in [0.1, 0.15) is 11.9 Å². The summed E-state index contributed by atoms with van der Waals surface area (Å²) < 4.78 is 29.7. The minimum absolute atomic E-state index is 0.0991. The molecule has 0 spiro atoms. The van der Waals surface area contributed by atoms with E-state index in [9.17, 15) is 13.6 Å². The summed E-state index contributed by atoms with van der Waals surface area (Å²) in [5.74, 6) is 3.85. The van der Waals surface area contributed by atoms with Crippen molar-refractivity contribution in [1.82, 2.24) is 3.97 Å². The molecule has 0 aliphatic heterocycles. The average molecular weight is 447 g/mol. The monoisotopic (exact) mass is 446 g/mol. The number of hydrogen-bond donors (Lipinski definition) is 0. The Morgan fingerprint density at radius 1 is 1.03 bits per heavy atom. The zero-order valence-corrected chi connectivity index (χ0v) is 19.9. The molecule has 4 fully saturated rings. The van der Waals surface area contributed by atoms with Gasteiger partial charge in [0.2, 0.25) is 0 Å². The van der Waals surface area contributed by atoms with E-state index < -0.39 is 16.8 Å². The summed E-state index contributed by atoms with van der Waals surface area (Å²) in [6.07, 6.45) is 14.6. The van der Waals surface area contributed by atoms with Crippen molar-refractivity contribution < 1.29 is 13.5 Å². The van der Waals surface area contributed by atoms with Gasteiger partial charge in [0.25, 0.3) is 5.56 Å². The SMILES string of the molecule is Cc1c(OC2CC[C@H]3[C@@H]4CCC5CCCC[C@]5(C)[C@@H]4CC[C@]23C)ccn(S(=O)[O-])c1=O. The molecule has 5 rings (SSSR count). The Morgan fingerprint density at radius 2 is 1.81 bits per heavy atom. The number of ether oxygens (including phenoxy) is 1. The molecule has 6 heteroatoms. The summed E-state index contributed by atoms with van der Waals surface area (Å²) in [6, 6.07) is 1.64. The van der Waals surface area contributed by atoms with Gasteiger partial charge in [0.05, 0.1) is 16.8 Å². The number of rotatable bonds is 3. The molecule has 4 aliphatic carbocycles. The van der Waals surface area contributed by atoms with Gasteiger partial charge in [0, 0.05) is 11.6 Å². The lowest BCUT2D eigenvalue weighted by Gasteiger charge is -2.60. The second-order valence-electron chi connectivity index (χ2n) is 11.3. The first-order valence-corrected chi connectivity index (χ1v) is 13.3. The quantitative estimate of drug-likeness (QED) is 0.614. The van der Waals surface area contributed by atoms with Crippen LogP contribution in [-0.4, -0.2) is 18.8 Å². The van der Waals surface area contributed by atoms with Gasteiger partial charge in [-0.1, -0.05) is 26.7 Å².